The Morgan fingerprint density at radius 2 is 2.06 bits per heavy atom. The molecule has 16 heavy (non-hydrogen) atoms. The van der Waals surface area contributed by atoms with Crippen LogP contribution in [0.5, 0.6) is 0 Å². The molecule has 1 saturated heterocycles. The standard InChI is InChI=1S/C11H20N2O3/c1-8(11(15)16)13(2)10(14)9-6-4-3-5-7-12-9/h8-9,12H,3-7H2,1-2H3,(H,15,16). The van der Waals surface area contributed by atoms with Crippen molar-refractivity contribution in [2.45, 2.75) is 44.7 Å². The second-order valence-corrected chi connectivity index (χ2v) is 4.32. The first kappa shape index (κ1) is 13.0. The Hall–Kier alpha value is -1.10. The predicted molar refractivity (Wildman–Crippen MR) is 60.1 cm³/mol. The lowest BCUT2D eigenvalue weighted by Crippen LogP contribution is -2.49. The van der Waals surface area contributed by atoms with E-state index in [0.29, 0.717) is 0 Å². The zero-order valence-corrected chi connectivity index (χ0v) is 9.90. The zero-order chi connectivity index (χ0) is 12.1. The molecule has 1 rings (SSSR count). The van der Waals surface area contributed by atoms with Gasteiger partial charge in [-0.05, 0) is 26.3 Å². The quantitative estimate of drug-likeness (QED) is 0.736. The van der Waals surface area contributed by atoms with Crippen LogP contribution in [-0.2, 0) is 9.59 Å². The zero-order valence-electron chi connectivity index (χ0n) is 9.90. The van der Waals surface area contributed by atoms with Crippen LogP contribution in [0.1, 0.15) is 32.6 Å². The molecule has 0 aromatic carbocycles. The lowest BCUT2D eigenvalue weighted by atomic mass is 10.1. The number of hydrogen-bond acceptors (Lipinski definition) is 3. The summed E-state index contributed by atoms with van der Waals surface area (Å²) in [6, 6.07) is -0.980. The van der Waals surface area contributed by atoms with Crippen LogP contribution in [-0.4, -0.2) is 47.6 Å². The summed E-state index contributed by atoms with van der Waals surface area (Å²) in [7, 11) is 1.55. The van der Waals surface area contributed by atoms with E-state index in [2.05, 4.69) is 5.32 Å². The van der Waals surface area contributed by atoms with Gasteiger partial charge in [-0.2, -0.15) is 0 Å². The highest BCUT2D eigenvalue weighted by Crippen LogP contribution is 2.11. The number of carbonyl (C=O) groups excluding carboxylic acids is 1. The van der Waals surface area contributed by atoms with Gasteiger partial charge < -0.3 is 15.3 Å². The van der Waals surface area contributed by atoms with Gasteiger partial charge in [-0.1, -0.05) is 12.8 Å². The molecule has 0 saturated carbocycles. The highest BCUT2D eigenvalue weighted by atomic mass is 16.4. The van der Waals surface area contributed by atoms with Crippen molar-refractivity contribution in [1.82, 2.24) is 10.2 Å². The monoisotopic (exact) mass is 228 g/mol. The number of amides is 1. The fourth-order valence-corrected chi connectivity index (χ4v) is 1.84. The van der Waals surface area contributed by atoms with Crippen molar-refractivity contribution in [3.8, 4) is 0 Å². The summed E-state index contributed by atoms with van der Waals surface area (Å²) >= 11 is 0. The van der Waals surface area contributed by atoms with Crippen LogP contribution in [0.15, 0.2) is 0 Å². The minimum Gasteiger partial charge on any atom is -0.480 e. The van der Waals surface area contributed by atoms with Gasteiger partial charge in [0.25, 0.3) is 0 Å². The Morgan fingerprint density at radius 1 is 1.38 bits per heavy atom. The van der Waals surface area contributed by atoms with Gasteiger partial charge in [0.05, 0.1) is 6.04 Å². The normalized spacial score (nSPS) is 23.2. The Kier molecular flexibility index (Phi) is 4.73. The predicted octanol–water partition coefficient (Wildman–Crippen LogP) is 0.450. The van der Waals surface area contributed by atoms with Crippen LogP contribution in [0.4, 0.5) is 0 Å². The van der Waals surface area contributed by atoms with Gasteiger partial charge in [0.15, 0.2) is 0 Å². The minimum atomic E-state index is -0.968. The minimum absolute atomic E-state index is 0.114. The van der Waals surface area contributed by atoms with E-state index in [1.165, 1.54) is 11.8 Å². The first-order valence-corrected chi connectivity index (χ1v) is 5.77. The number of rotatable bonds is 3. The van der Waals surface area contributed by atoms with Gasteiger partial charge >= 0.3 is 5.97 Å². The molecule has 0 radical (unpaired) electrons. The fourth-order valence-electron chi connectivity index (χ4n) is 1.84. The molecular formula is C11H20N2O3. The highest BCUT2D eigenvalue weighted by Gasteiger charge is 2.28. The molecule has 1 fully saturated rings. The molecule has 5 nitrogen and oxygen atoms in total. The molecule has 0 bridgehead atoms. The molecule has 0 aliphatic carbocycles. The Morgan fingerprint density at radius 3 is 2.69 bits per heavy atom. The molecule has 1 aliphatic heterocycles. The summed E-state index contributed by atoms with van der Waals surface area (Å²) in [6.07, 6.45) is 4.05. The fraction of sp³-hybridized carbons (Fsp3) is 0.818. The number of carbonyl (C=O) groups is 2. The third-order valence-corrected chi connectivity index (χ3v) is 3.14. The van der Waals surface area contributed by atoms with E-state index in [1.807, 2.05) is 0 Å². The summed E-state index contributed by atoms with van der Waals surface area (Å²) in [4.78, 5) is 24.1. The molecule has 2 atom stereocenters. The van der Waals surface area contributed by atoms with Gasteiger partial charge in [-0.25, -0.2) is 4.79 Å². The first-order valence-electron chi connectivity index (χ1n) is 5.77. The lowest BCUT2D eigenvalue weighted by molar-refractivity contribution is -0.149. The van der Waals surface area contributed by atoms with E-state index < -0.39 is 12.0 Å². The average Bonchev–Trinajstić information content (AvgIpc) is 2.54. The summed E-state index contributed by atoms with van der Waals surface area (Å²) in [5.74, 6) is -1.08. The molecule has 1 aliphatic rings. The van der Waals surface area contributed by atoms with Gasteiger partial charge in [0.2, 0.25) is 5.91 Å². The smallest absolute Gasteiger partial charge is 0.326 e. The number of carboxylic acids is 1. The Labute approximate surface area is 95.8 Å². The van der Waals surface area contributed by atoms with Crippen LogP contribution in [0.25, 0.3) is 0 Å². The molecule has 92 valence electrons. The number of likely N-dealkylation sites (N-methyl/N-ethyl adjacent to an activating group) is 1. The third-order valence-electron chi connectivity index (χ3n) is 3.14. The average molecular weight is 228 g/mol. The number of hydrogen-bond donors (Lipinski definition) is 2. The number of aliphatic carboxylic acids is 1. The van der Waals surface area contributed by atoms with Gasteiger partial charge in [0, 0.05) is 7.05 Å². The van der Waals surface area contributed by atoms with E-state index in [1.54, 1.807) is 7.05 Å². The van der Waals surface area contributed by atoms with Crippen LogP contribution < -0.4 is 5.32 Å². The molecular weight excluding hydrogens is 208 g/mol. The van der Waals surface area contributed by atoms with Crippen molar-refractivity contribution in [1.29, 1.82) is 0 Å². The first-order chi connectivity index (χ1) is 7.54. The van der Waals surface area contributed by atoms with Crippen LogP contribution >= 0.6 is 0 Å². The molecule has 5 heteroatoms. The molecule has 2 unspecified atom stereocenters. The summed E-state index contributed by atoms with van der Waals surface area (Å²) < 4.78 is 0. The highest BCUT2D eigenvalue weighted by molar-refractivity contribution is 5.86. The number of carboxylic acid groups (broad SMARTS) is 1. The topological polar surface area (TPSA) is 69.6 Å². The maximum absolute atomic E-state index is 12.0. The number of nitrogens with zero attached hydrogens (tertiary/aromatic N) is 1. The van der Waals surface area contributed by atoms with E-state index in [-0.39, 0.29) is 11.9 Å². The SMILES string of the molecule is CC(C(=O)O)N(C)C(=O)C1CCCCCN1. The second-order valence-electron chi connectivity index (χ2n) is 4.32. The van der Waals surface area contributed by atoms with Crippen LogP contribution in [0.3, 0.4) is 0 Å². The van der Waals surface area contributed by atoms with E-state index in [0.717, 1.165) is 32.2 Å². The lowest BCUT2D eigenvalue weighted by Gasteiger charge is -2.26. The van der Waals surface area contributed by atoms with Crippen molar-refractivity contribution in [2.75, 3.05) is 13.6 Å². The number of nitrogens with one attached hydrogen (secondary N) is 1. The summed E-state index contributed by atoms with van der Waals surface area (Å²) in [5, 5.41) is 12.0. The van der Waals surface area contributed by atoms with Crippen LogP contribution in [0.2, 0.25) is 0 Å². The van der Waals surface area contributed by atoms with Gasteiger partial charge in [-0.15, -0.1) is 0 Å². The third kappa shape index (κ3) is 3.20. The molecule has 2 N–H and O–H groups in total. The maximum atomic E-state index is 12.0. The Bertz CT molecular complexity index is 260. The Balaban J connectivity index is 2.57. The largest absolute Gasteiger partial charge is 0.480 e. The van der Waals surface area contributed by atoms with Crippen molar-refractivity contribution >= 4 is 11.9 Å². The maximum Gasteiger partial charge on any atom is 0.326 e. The molecule has 0 aromatic rings. The van der Waals surface area contributed by atoms with Crippen molar-refractivity contribution in [3.63, 3.8) is 0 Å². The summed E-state index contributed by atoms with van der Waals surface area (Å²) in [5.41, 5.74) is 0. The van der Waals surface area contributed by atoms with E-state index >= 15 is 0 Å². The molecule has 1 amide bonds. The van der Waals surface area contributed by atoms with Crippen LogP contribution in [0, 0.1) is 0 Å². The summed E-state index contributed by atoms with van der Waals surface area (Å²) in [6.45, 7) is 2.36. The van der Waals surface area contributed by atoms with Crippen molar-refractivity contribution < 1.29 is 14.7 Å². The van der Waals surface area contributed by atoms with E-state index in [9.17, 15) is 9.59 Å². The van der Waals surface area contributed by atoms with Crippen molar-refractivity contribution in [3.05, 3.63) is 0 Å². The second kappa shape index (κ2) is 5.84. The van der Waals surface area contributed by atoms with Crippen molar-refractivity contribution in [2.24, 2.45) is 0 Å². The van der Waals surface area contributed by atoms with Gasteiger partial charge in [0.1, 0.15) is 6.04 Å². The molecule has 1 heterocycles. The van der Waals surface area contributed by atoms with Gasteiger partial charge in [-0.3, -0.25) is 4.79 Å². The molecule has 0 aromatic heterocycles. The molecule has 0 spiro atoms. The van der Waals surface area contributed by atoms with E-state index in [4.69, 9.17) is 5.11 Å².